The molecule has 7 nitrogen and oxygen atoms in total. The summed E-state index contributed by atoms with van der Waals surface area (Å²) in [6.07, 6.45) is 1.89. The van der Waals surface area contributed by atoms with E-state index in [1.807, 2.05) is 13.8 Å². The number of ether oxygens (including phenoxy) is 1. The number of carbonyl (C=O) groups is 1. The van der Waals surface area contributed by atoms with E-state index in [2.05, 4.69) is 10.1 Å². The molecule has 122 valence electrons. The van der Waals surface area contributed by atoms with E-state index in [1.165, 1.54) is 0 Å². The summed E-state index contributed by atoms with van der Waals surface area (Å²) in [5.41, 5.74) is 0. The summed E-state index contributed by atoms with van der Waals surface area (Å²) in [5.74, 6) is 1.83. The zero-order valence-electron chi connectivity index (χ0n) is 13.1. The standard InChI is InChI=1S/C15H23N3O4/c1-9(2)12(19)5-14(20)18-6-11(7-18)21-8-13-16-15(17-22-13)10-3-4-10/h9-12,19H,3-8H2,1-2H3. The van der Waals surface area contributed by atoms with E-state index in [0.717, 1.165) is 18.7 Å². The van der Waals surface area contributed by atoms with E-state index >= 15 is 0 Å². The summed E-state index contributed by atoms with van der Waals surface area (Å²) in [7, 11) is 0. The molecule has 1 saturated heterocycles. The topological polar surface area (TPSA) is 88.7 Å². The van der Waals surface area contributed by atoms with E-state index in [-0.39, 0.29) is 24.3 Å². The Hall–Kier alpha value is -1.47. The summed E-state index contributed by atoms with van der Waals surface area (Å²) in [6.45, 7) is 5.22. The number of amides is 1. The van der Waals surface area contributed by atoms with Crippen LogP contribution in [0.3, 0.4) is 0 Å². The number of hydrogen-bond donors (Lipinski definition) is 1. The van der Waals surface area contributed by atoms with Gasteiger partial charge in [-0.25, -0.2) is 0 Å². The van der Waals surface area contributed by atoms with Crippen LogP contribution < -0.4 is 0 Å². The molecule has 1 atom stereocenters. The van der Waals surface area contributed by atoms with Gasteiger partial charge in [0.25, 0.3) is 5.89 Å². The van der Waals surface area contributed by atoms with Gasteiger partial charge in [0.05, 0.1) is 18.6 Å². The molecule has 1 unspecified atom stereocenters. The fourth-order valence-corrected chi connectivity index (χ4v) is 2.31. The van der Waals surface area contributed by atoms with Gasteiger partial charge in [-0.15, -0.1) is 0 Å². The maximum atomic E-state index is 11.9. The number of nitrogens with zero attached hydrogens (tertiary/aromatic N) is 3. The Balaban J connectivity index is 1.35. The molecule has 2 heterocycles. The fraction of sp³-hybridized carbons (Fsp3) is 0.800. The van der Waals surface area contributed by atoms with Crippen LogP contribution in [0.2, 0.25) is 0 Å². The summed E-state index contributed by atoms with van der Waals surface area (Å²) < 4.78 is 10.8. The van der Waals surface area contributed by atoms with Crippen molar-refractivity contribution < 1.29 is 19.2 Å². The van der Waals surface area contributed by atoms with Crippen LogP contribution in [0.4, 0.5) is 0 Å². The van der Waals surface area contributed by atoms with Crippen LogP contribution in [-0.2, 0) is 16.1 Å². The van der Waals surface area contributed by atoms with E-state index in [0.29, 0.717) is 31.5 Å². The van der Waals surface area contributed by atoms with Gasteiger partial charge in [0.15, 0.2) is 5.82 Å². The molecule has 0 bridgehead atoms. The zero-order valence-corrected chi connectivity index (χ0v) is 13.1. The van der Waals surface area contributed by atoms with Gasteiger partial charge in [-0.05, 0) is 18.8 Å². The molecule has 1 aromatic rings. The molecule has 1 aromatic heterocycles. The first-order valence-electron chi connectivity index (χ1n) is 7.93. The lowest BCUT2D eigenvalue weighted by Crippen LogP contribution is -2.55. The van der Waals surface area contributed by atoms with Crippen molar-refractivity contribution in [3.8, 4) is 0 Å². The van der Waals surface area contributed by atoms with Crippen molar-refractivity contribution >= 4 is 5.91 Å². The third-order valence-electron chi connectivity index (χ3n) is 4.22. The van der Waals surface area contributed by atoms with Crippen molar-refractivity contribution in [3.05, 3.63) is 11.7 Å². The maximum absolute atomic E-state index is 11.9. The highest BCUT2D eigenvalue weighted by atomic mass is 16.5. The minimum atomic E-state index is -0.577. The third kappa shape index (κ3) is 3.64. The Morgan fingerprint density at radius 1 is 1.45 bits per heavy atom. The lowest BCUT2D eigenvalue weighted by Gasteiger charge is -2.39. The third-order valence-corrected chi connectivity index (χ3v) is 4.22. The van der Waals surface area contributed by atoms with Crippen molar-refractivity contribution in [3.63, 3.8) is 0 Å². The van der Waals surface area contributed by atoms with Gasteiger partial charge in [0.1, 0.15) is 6.61 Å². The van der Waals surface area contributed by atoms with E-state index in [1.54, 1.807) is 4.90 Å². The van der Waals surface area contributed by atoms with Crippen molar-refractivity contribution in [2.45, 2.75) is 57.8 Å². The lowest BCUT2D eigenvalue weighted by molar-refractivity contribution is -0.149. The van der Waals surface area contributed by atoms with Crippen LogP contribution in [0, 0.1) is 5.92 Å². The van der Waals surface area contributed by atoms with Gasteiger partial charge >= 0.3 is 0 Å². The van der Waals surface area contributed by atoms with Crippen LogP contribution in [0.25, 0.3) is 0 Å². The molecule has 1 N–H and O–H groups in total. The highest BCUT2D eigenvalue weighted by molar-refractivity contribution is 5.77. The number of aromatic nitrogens is 2. The van der Waals surface area contributed by atoms with Gasteiger partial charge < -0.3 is 19.3 Å². The normalized spacial score (nSPS) is 20.3. The van der Waals surface area contributed by atoms with Gasteiger partial charge in [-0.2, -0.15) is 4.98 Å². The largest absolute Gasteiger partial charge is 0.392 e. The lowest BCUT2D eigenvalue weighted by atomic mass is 10.0. The molecular weight excluding hydrogens is 286 g/mol. The van der Waals surface area contributed by atoms with Crippen LogP contribution in [0.15, 0.2) is 4.52 Å². The summed E-state index contributed by atoms with van der Waals surface area (Å²) in [6, 6.07) is 0. The van der Waals surface area contributed by atoms with Crippen molar-refractivity contribution in [1.82, 2.24) is 15.0 Å². The zero-order chi connectivity index (χ0) is 15.7. The Labute approximate surface area is 129 Å². The average molecular weight is 309 g/mol. The molecule has 1 aliphatic carbocycles. The molecule has 1 saturated carbocycles. The second-order valence-electron chi connectivity index (χ2n) is 6.57. The smallest absolute Gasteiger partial charge is 0.252 e. The number of likely N-dealkylation sites (tertiary alicyclic amines) is 1. The van der Waals surface area contributed by atoms with E-state index in [4.69, 9.17) is 9.26 Å². The predicted octanol–water partition coefficient (Wildman–Crippen LogP) is 1.08. The first kappa shape index (κ1) is 15.4. The number of rotatable bonds is 7. The summed E-state index contributed by atoms with van der Waals surface area (Å²) in [5, 5.41) is 13.7. The maximum Gasteiger partial charge on any atom is 0.252 e. The Bertz CT molecular complexity index is 521. The molecule has 1 aliphatic heterocycles. The summed E-state index contributed by atoms with van der Waals surface area (Å²) >= 11 is 0. The molecule has 2 aliphatic rings. The van der Waals surface area contributed by atoms with Crippen LogP contribution in [0.5, 0.6) is 0 Å². The van der Waals surface area contributed by atoms with Crippen LogP contribution in [0.1, 0.15) is 50.7 Å². The first-order chi connectivity index (χ1) is 10.5. The SMILES string of the molecule is CC(C)C(O)CC(=O)N1CC(OCc2nc(C3CC3)no2)C1. The predicted molar refractivity (Wildman–Crippen MR) is 76.9 cm³/mol. The van der Waals surface area contributed by atoms with Crippen molar-refractivity contribution in [1.29, 1.82) is 0 Å². The second kappa shape index (κ2) is 6.34. The molecule has 22 heavy (non-hydrogen) atoms. The second-order valence-corrected chi connectivity index (χ2v) is 6.57. The molecule has 0 radical (unpaired) electrons. The molecule has 2 fully saturated rings. The fourth-order valence-electron chi connectivity index (χ4n) is 2.31. The monoisotopic (exact) mass is 309 g/mol. The Kier molecular flexibility index (Phi) is 4.44. The highest BCUT2D eigenvalue weighted by Gasteiger charge is 2.33. The summed E-state index contributed by atoms with van der Waals surface area (Å²) in [4.78, 5) is 17.9. The highest BCUT2D eigenvalue weighted by Crippen LogP contribution is 2.38. The average Bonchev–Trinajstić information content (AvgIpc) is 3.16. The molecule has 3 rings (SSSR count). The van der Waals surface area contributed by atoms with Crippen molar-refractivity contribution in [2.75, 3.05) is 13.1 Å². The number of aliphatic hydroxyl groups excluding tert-OH is 1. The molecule has 0 spiro atoms. The molecular formula is C15H23N3O4. The van der Waals surface area contributed by atoms with Crippen molar-refractivity contribution in [2.24, 2.45) is 5.92 Å². The van der Waals surface area contributed by atoms with Gasteiger partial charge in [-0.1, -0.05) is 19.0 Å². The number of carbonyl (C=O) groups excluding carboxylic acids is 1. The quantitative estimate of drug-likeness (QED) is 0.811. The molecule has 0 aromatic carbocycles. The Morgan fingerprint density at radius 3 is 2.82 bits per heavy atom. The number of aliphatic hydroxyl groups is 1. The molecule has 1 amide bonds. The first-order valence-corrected chi connectivity index (χ1v) is 7.93. The molecule has 7 heteroatoms. The van der Waals surface area contributed by atoms with E-state index in [9.17, 15) is 9.90 Å². The van der Waals surface area contributed by atoms with Crippen LogP contribution >= 0.6 is 0 Å². The van der Waals surface area contributed by atoms with E-state index < -0.39 is 6.10 Å². The van der Waals surface area contributed by atoms with Gasteiger partial charge in [0, 0.05) is 19.0 Å². The number of hydrogen-bond acceptors (Lipinski definition) is 6. The Morgan fingerprint density at radius 2 is 2.18 bits per heavy atom. The minimum Gasteiger partial charge on any atom is -0.392 e. The van der Waals surface area contributed by atoms with Gasteiger partial charge in [0.2, 0.25) is 5.91 Å². The minimum absolute atomic E-state index is 0.0106. The van der Waals surface area contributed by atoms with Gasteiger partial charge in [-0.3, -0.25) is 4.79 Å². The van der Waals surface area contributed by atoms with Crippen LogP contribution in [-0.4, -0.2) is 51.4 Å².